The van der Waals surface area contributed by atoms with Crippen LogP contribution in [0, 0.1) is 5.92 Å². The maximum absolute atomic E-state index is 11.6. The number of rotatable bonds is 6. The lowest BCUT2D eigenvalue weighted by Gasteiger charge is -2.14. The molecule has 1 atom stereocenters. The van der Waals surface area contributed by atoms with Crippen molar-refractivity contribution in [3.8, 4) is 5.75 Å². The summed E-state index contributed by atoms with van der Waals surface area (Å²) in [6, 6.07) is 6.75. The fourth-order valence-corrected chi connectivity index (χ4v) is 1.71. The lowest BCUT2D eigenvalue weighted by Crippen LogP contribution is -2.35. The fourth-order valence-electron chi connectivity index (χ4n) is 1.71. The second-order valence-electron chi connectivity index (χ2n) is 4.85. The molecule has 5 heteroatoms. The van der Waals surface area contributed by atoms with Crippen LogP contribution in [0.25, 0.3) is 0 Å². The van der Waals surface area contributed by atoms with Crippen molar-refractivity contribution in [2.75, 3.05) is 19.0 Å². The van der Waals surface area contributed by atoms with E-state index in [1.165, 1.54) is 0 Å². The number of anilines is 1. The van der Waals surface area contributed by atoms with Gasteiger partial charge in [-0.1, -0.05) is 19.9 Å². The van der Waals surface area contributed by atoms with E-state index in [0.717, 1.165) is 0 Å². The Morgan fingerprint density at radius 1 is 1.42 bits per heavy atom. The fraction of sp³-hybridized carbons (Fsp3) is 0.500. The van der Waals surface area contributed by atoms with E-state index in [2.05, 4.69) is 10.6 Å². The molecule has 1 aromatic rings. The van der Waals surface area contributed by atoms with Gasteiger partial charge in [-0.15, -0.1) is 0 Å². The van der Waals surface area contributed by atoms with Gasteiger partial charge in [-0.3, -0.25) is 0 Å². The zero-order valence-corrected chi connectivity index (χ0v) is 11.6. The molecule has 0 saturated carbocycles. The highest BCUT2D eigenvalue weighted by molar-refractivity contribution is 5.89. The number of urea groups is 1. The van der Waals surface area contributed by atoms with Crippen LogP contribution in [0.3, 0.4) is 0 Å². The Morgan fingerprint density at radius 2 is 2.16 bits per heavy atom. The molecule has 106 valence electrons. The van der Waals surface area contributed by atoms with E-state index < -0.39 is 6.10 Å². The van der Waals surface area contributed by atoms with Crippen LogP contribution >= 0.6 is 0 Å². The number of ether oxygens (including phenoxy) is 1. The molecule has 2 amide bonds. The minimum atomic E-state index is -0.518. The first-order valence-corrected chi connectivity index (χ1v) is 6.38. The Kier molecular flexibility index (Phi) is 6.15. The van der Waals surface area contributed by atoms with Crippen molar-refractivity contribution in [3.05, 3.63) is 24.3 Å². The van der Waals surface area contributed by atoms with Crippen molar-refractivity contribution in [1.82, 2.24) is 5.32 Å². The molecule has 0 aromatic heterocycles. The molecule has 1 aromatic carbocycles. The minimum absolute atomic E-state index is 0.244. The normalized spacial score (nSPS) is 12.1. The third-order valence-electron chi connectivity index (χ3n) is 2.57. The van der Waals surface area contributed by atoms with Crippen molar-refractivity contribution >= 4 is 11.7 Å². The van der Waals surface area contributed by atoms with Crippen LogP contribution in [0.5, 0.6) is 5.75 Å². The molecule has 3 N–H and O–H groups in total. The van der Waals surface area contributed by atoms with Crippen molar-refractivity contribution in [2.45, 2.75) is 26.4 Å². The van der Waals surface area contributed by atoms with Gasteiger partial charge in [0.1, 0.15) is 5.75 Å². The second-order valence-corrected chi connectivity index (χ2v) is 4.85. The molecular formula is C14H22N2O3. The first kappa shape index (κ1) is 15.3. The van der Waals surface area contributed by atoms with Crippen molar-refractivity contribution in [3.63, 3.8) is 0 Å². The van der Waals surface area contributed by atoms with Crippen LogP contribution in [-0.2, 0) is 0 Å². The molecule has 0 fully saturated rings. The summed E-state index contributed by atoms with van der Waals surface area (Å²) in [6.45, 7) is 4.30. The monoisotopic (exact) mass is 266 g/mol. The number of aliphatic hydroxyl groups excluding tert-OH is 1. The Hall–Kier alpha value is -1.75. The smallest absolute Gasteiger partial charge is 0.319 e. The van der Waals surface area contributed by atoms with Crippen LogP contribution in [-0.4, -0.2) is 30.9 Å². The summed E-state index contributed by atoms with van der Waals surface area (Å²) in [5, 5.41) is 15.0. The van der Waals surface area contributed by atoms with Gasteiger partial charge in [-0.05, 0) is 24.5 Å². The van der Waals surface area contributed by atoms with Gasteiger partial charge in [0.15, 0.2) is 0 Å². The first-order chi connectivity index (χ1) is 9.01. The van der Waals surface area contributed by atoms with Gasteiger partial charge >= 0.3 is 6.03 Å². The largest absolute Gasteiger partial charge is 0.497 e. The molecule has 0 spiro atoms. The number of hydrogen-bond acceptors (Lipinski definition) is 3. The first-order valence-electron chi connectivity index (χ1n) is 6.38. The number of methoxy groups -OCH3 is 1. The number of aliphatic hydroxyl groups is 1. The molecule has 0 aliphatic rings. The highest BCUT2D eigenvalue weighted by atomic mass is 16.5. The van der Waals surface area contributed by atoms with Gasteiger partial charge < -0.3 is 20.5 Å². The molecule has 0 aliphatic heterocycles. The third kappa shape index (κ3) is 6.10. The molecule has 1 rings (SSSR count). The van der Waals surface area contributed by atoms with E-state index in [-0.39, 0.29) is 12.6 Å². The van der Waals surface area contributed by atoms with Crippen LogP contribution in [0.1, 0.15) is 20.3 Å². The molecule has 1 unspecified atom stereocenters. The minimum Gasteiger partial charge on any atom is -0.497 e. The van der Waals surface area contributed by atoms with E-state index in [1.54, 1.807) is 31.4 Å². The standard InChI is InChI=1S/C14H22N2O3/c1-10(2)7-12(17)9-15-14(18)16-11-5-4-6-13(8-11)19-3/h4-6,8,10,12,17H,7,9H2,1-3H3,(H2,15,16,18). The summed E-state index contributed by atoms with van der Waals surface area (Å²) in [5.74, 6) is 1.08. The number of benzene rings is 1. The third-order valence-corrected chi connectivity index (χ3v) is 2.57. The zero-order valence-electron chi connectivity index (χ0n) is 11.6. The highest BCUT2D eigenvalue weighted by Gasteiger charge is 2.09. The van der Waals surface area contributed by atoms with E-state index in [4.69, 9.17) is 4.74 Å². The van der Waals surface area contributed by atoms with Gasteiger partial charge in [0, 0.05) is 18.3 Å². The maximum Gasteiger partial charge on any atom is 0.319 e. The second kappa shape index (κ2) is 7.63. The Labute approximate surface area is 114 Å². The average molecular weight is 266 g/mol. The van der Waals surface area contributed by atoms with Crippen molar-refractivity contribution in [2.24, 2.45) is 5.92 Å². The molecule has 0 heterocycles. The van der Waals surface area contributed by atoms with Crippen LogP contribution in [0.15, 0.2) is 24.3 Å². The van der Waals surface area contributed by atoms with Gasteiger partial charge in [0.2, 0.25) is 0 Å². The van der Waals surface area contributed by atoms with Gasteiger partial charge in [-0.2, -0.15) is 0 Å². The Bertz CT molecular complexity index is 407. The molecule has 19 heavy (non-hydrogen) atoms. The molecule has 0 bridgehead atoms. The van der Waals surface area contributed by atoms with Crippen LogP contribution in [0.4, 0.5) is 10.5 Å². The summed E-state index contributed by atoms with van der Waals surface area (Å²) < 4.78 is 5.07. The lowest BCUT2D eigenvalue weighted by molar-refractivity contribution is 0.148. The summed E-state index contributed by atoms with van der Waals surface area (Å²) in [6.07, 6.45) is 0.149. The van der Waals surface area contributed by atoms with Gasteiger partial charge in [0.25, 0.3) is 0 Å². The number of carbonyl (C=O) groups excluding carboxylic acids is 1. The number of nitrogens with one attached hydrogen (secondary N) is 2. The van der Waals surface area contributed by atoms with Gasteiger partial charge in [-0.25, -0.2) is 4.79 Å². The summed E-state index contributed by atoms with van der Waals surface area (Å²) in [5.41, 5.74) is 0.648. The summed E-state index contributed by atoms with van der Waals surface area (Å²) >= 11 is 0. The van der Waals surface area contributed by atoms with Crippen molar-refractivity contribution < 1.29 is 14.6 Å². The maximum atomic E-state index is 11.6. The van der Waals surface area contributed by atoms with Crippen LogP contribution < -0.4 is 15.4 Å². The topological polar surface area (TPSA) is 70.6 Å². The van der Waals surface area contributed by atoms with E-state index >= 15 is 0 Å². The van der Waals surface area contributed by atoms with Crippen LogP contribution in [0.2, 0.25) is 0 Å². The predicted molar refractivity (Wildman–Crippen MR) is 75.5 cm³/mol. The summed E-state index contributed by atoms with van der Waals surface area (Å²) in [7, 11) is 1.57. The highest BCUT2D eigenvalue weighted by Crippen LogP contribution is 2.16. The van der Waals surface area contributed by atoms with E-state index in [1.807, 2.05) is 13.8 Å². The Morgan fingerprint density at radius 3 is 2.79 bits per heavy atom. The molecule has 0 radical (unpaired) electrons. The summed E-state index contributed by atoms with van der Waals surface area (Å²) in [4.78, 5) is 11.6. The molecule has 5 nitrogen and oxygen atoms in total. The predicted octanol–water partition coefficient (Wildman–Crippen LogP) is 2.22. The van der Waals surface area contributed by atoms with E-state index in [9.17, 15) is 9.90 Å². The SMILES string of the molecule is COc1cccc(NC(=O)NCC(O)CC(C)C)c1. The zero-order chi connectivity index (χ0) is 14.3. The molecule has 0 aliphatic carbocycles. The lowest BCUT2D eigenvalue weighted by atomic mass is 10.1. The quantitative estimate of drug-likeness (QED) is 0.739. The molecule has 0 saturated heterocycles. The Balaban J connectivity index is 2.38. The van der Waals surface area contributed by atoms with Gasteiger partial charge in [0.05, 0.1) is 13.2 Å². The number of hydrogen-bond donors (Lipinski definition) is 3. The average Bonchev–Trinajstić information content (AvgIpc) is 2.36. The van der Waals surface area contributed by atoms with Crippen molar-refractivity contribution in [1.29, 1.82) is 0 Å². The molecular weight excluding hydrogens is 244 g/mol. The van der Waals surface area contributed by atoms with E-state index in [0.29, 0.717) is 23.8 Å². The number of carbonyl (C=O) groups is 1. The number of amides is 2.